The average molecular weight is 285 g/mol. The van der Waals surface area contributed by atoms with Crippen LogP contribution in [0.4, 0.5) is 4.39 Å². The van der Waals surface area contributed by atoms with Crippen LogP contribution in [0.3, 0.4) is 0 Å². The lowest BCUT2D eigenvalue weighted by molar-refractivity contribution is 0.0910. The molecule has 0 fully saturated rings. The second-order valence-electron chi connectivity index (χ2n) is 6.62. The van der Waals surface area contributed by atoms with E-state index in [9.17, 15) is 9.18 Å². The summed E-state index contributed by atoms with van der Waals surface area (Å²) >= 11 is 0. The van der Waals surface area contributed by atoms with Crippen LogP contribution in [0.25, 0.3) is 5.69 Å². The van der Waals surface area contributed by atoms with Gasteiger partial charge in [-0.05, 0) is 48.1 Å². The number of Topliss-reactive ketones (excluding diaryl/α,β-unsaturated/α-hetero) is 1. The van der Waals surface area contributed by atoms with Crippen LogP contribution in [0.5, 0.6) is 0 Å². The predicted octanol–water partition coefficient (Wildman–Crippen LogP) is 4.33. The summed E-state index contributed by atoms with van der Waals surface area (Å²) in [5.41, 5.74) is 3.94. The fourth-order valence-corrected chi connectivity index (χ4v) is 3.26. The van der Waals surface area contributed by atoms with Gasteiger partial charge in [-0.15, -0.1) is 0 Å². The van der Waals surface area contributed by atoms with Gasteiger partial charge >= 0.3 is 0 Å². The molecule has 0 bridgehead atoms. The van der Waals surface area contributed by atoms with Crippen LogP contribution in [0, 0.1) is 11.2 Å². The number of ketones is 1. The van der Waals surface area contributed by atoms with E-state index in [4.69, 9.17) is 0 Å². The van der Waals surface area contributed by atoms with E-state index in [2.05, 4.69) is 25.3 Å². The Morgan fingerprint density at radius 1 is 1.19 bits per heavy atom. The third-order valence-electron chi connectivity index (χ3n) is 4.24. The number of hydrogen-bond acceptors (Lipinski definition) is 1. The summed E-state index contributed by atoms with van der Waals surface area (Å²) in [7, 11) is 0. The van der Waals surface area contributed by atoms with Gasteiger partial charge in [0.1, 0.15) is 5.82 Å². The molecule has 1 heterocycles. The van der Waals surface area contributed by atoms with E-state index in [-0.39, 0.29) is 17.0 Å². The fraction of sp³-hybridized carbons (Fsp3) is 0.389. The van der Waals surface area contributed by atoms with E-state index in [0.29, 0.717) is 6.42 Å². The summed E-state index contributed by atoms with van der Waals surface area (Å²) in [6.45, 7) is 6.32. The number of halogens is 1. The lowest BCUT2D eigenvalue weighted by atomic mass is 9.75. The van der Waals surface area contributed by atoms with Crippen LogP contribution >= 0.6 is 0 Å². The number of fused-ring (bicyclic) bond motifs is 1. The maximum Gasteiger partial charge on any atom is 0.165 e. The lowest BCUT2D eigenvalue weighted by Gasteiger charge is -2.30. The molecule has 0 unspecified atom stereocenters. The molecule has 0 atom stereocenters. The zero-order chi connectivity index (χ0) is 15.2. The summed E-state index contributed by atoms with van der Waals surface area (Å²) in [6, 6.07) is 6.45. The van der Waals surface area contributed by atoms with Crippen LogP contribution in [-0.2, 0) is 12.8 Å². The minimum Gasteiger partial charge on any atom is -0.320 e. The van der Waals surface area contributed by atoms with Crippen molar-refractivity contribution < 1.29 is 9.18 Å². The molecule has 2 aromatic rings. The van der Waals surface area contributed by atoms with Crippen molar-refractivity contribution in [1.82, 2.24) is 4.57 Å². The van der Waals surface area contributed by atoms with Crippen LogP contribution in [0.2, 0.25) is 0 Å². The molecule has 21 heavy (non-hydrogen) atoms. The number of rotatable bonds is 2. The molecule has 2 nitrogen and oxygen atoms in total. The molecule has 1 aliphatic carbocycles. The van der Waals surface area contributed by atoms with Crippen molar-refractivity contribution >= 4 is 5.78 Å². The number of benzene rings is 1. The Bertz CT molecular complexity index is 695. The Kier molecular flexibility index (Phi) is 3.23. The standard InChI is InChI=1S/C18H20FNO/c1-4-12-11-20(14-7-5-13(19)6-8-14)15-9-18(2,3)10-16(21)17(12)15/h5-8,11H,4,9-10H2,1-3H3. The average Bonchev–Trinajstić information content (AvgIpc) is 2.77. The summed E-state index contributed by atoms with van der Waals surface area (Å²) in [4.78, 5) is 12.5. The Labute approximate surface area is 124 Å². The molecule has 0 radical (unpaired) electrons. The number of aryl methyl sites for hydroxylation is 1. The first-order valence-corrected chi connectivity index (χ1v) is 7.43. The van der Waals surface area contributed by atoms with Crippen molar-refractivity contribution in [2.24, 2.45) is 5.41 Å². The molecule has 3 rings (SSSR count). The Balaban J connectivity index is 2.19. The second kappa shape index (κ2) is 4.83. The van der Waals surface area contributed by atoms with Gasteiger partial charge in [0.25, 0.3) is 0 Å². The van der Waals surface area contributed by atoms with Gasteiger partial charge in [0.15, 0.2) is 5.78 Å². The monoisotopic (exact) mass is 285 g/mol. The van der Waals surface area contributed by atoms with E-state index in [0.717, 1.165) is 35.3 Å². The van der Waals surface area contributed by atoms with Gasteiger partial charge in [0.05, 0.1) is 0 Å². The molecule has 1 aliphatic rings. The van der Waals surface area contributed by atoms with Crippen LogP contribution in [-0.4, -0.2) is 10.4 Å². The molecule has 0 N–H and O–H groups in total. The quantitative estimate of drug-likeness (QED) is 0.804. The number of hydrogen-bond donors (Lipinski definition) is 0. The predicted molar refractivity (Wildman–Crippen MR) is 81.5 cm³/mol. The maximum atomic E-state index is 13.1. The molecule has 1 aromatic carbocycles. The van der Waals surface area contributed by atoms with E-state index < -0.39 is 0 Å². The van der Waals surface area contributed by atoms with Crippen LogP contribution < -0.4 is 0 Å². The van der Waals surface area contributed by atoms with Crippen molar-refractivity contribution in [2.45, 2.75) is 40.0 Å². The first-order chi connectivity index (χ1) is 9.91. The van der Waals surface area contributed by atoms with Gasteiger partial charge in [-0.1, -0.05) is 20.8 Å². The molecule has 110 valence electrons. The topological polar surface area (TPSA) is 22.0 Å². The van der Waals surface area contributed by atoms with Gasteiger partial charge < -0.3 is 4.57 Å². The minimum absolute atomic E-state index is 0.0226. The van der Waals surface area contributed by atoms with Gasteiger partial charge in [0, 0.05) is 29.6 Å². The zero-order valence-electron chi connectivity index (χ0n) is 12.7. The highest BCUT2D eigenvalue weighted by atomic mass is 19.1. The maximum absolute atomic E-state index is 13.1. The van der Waals surface area contributed by atoms with Crippen molar-refractivity contribution in [1.29, 1.82) is 0 Å². The Morgan fingerprint density at radius 2 is 1.86 bits per heavy atom. The first-order valence-electron chi connectivity index (χ1n) is 7.43. The molecule has 3 heteroatoms. The van der Waals surface area contributed by atoms with Crippen molar-refractivity contribution in [2.75, 3.05) is 0 Å². The number of aromatic nitrogens is 1. The lowest BCUT2D eigenvalue weighted by Crippen LogP contribution is -2.28. The molecule has 1 aromatic heterocycles. The van der Waals surface area contributed by atoms with E-state index in [1.807, 2.05) is 6.20 Å². The summed E-state index contributed by atoms with van der Waals surface area (Å²) in [5, 5.41) is 0. The Morgan fingerprint density at radius 3 is 2.48 bits per heavy atom. The number of carbonyl (C=O) groups excluding carboxylic acids is 1. The molecule has 0 saturated heterocycles. The highest BCUT2D eigenvalue weighted by molar-refractivity contribution is 6.00. The normalized spacial score (nSPS) is 16.9. The largest absolute Gasteiger partial charge is 0.320 e. The van der Waals surface area contributed by atoms with Crippen LogP contribution in [0.1, 0.15) is 48.8 Å². The first kappa shape index (κ1) is 14.1. The van der Waals surface area contributed by atoms with Gasteiger partial charge in [-0.25, -0.2) is 4.39 Å². The molecular formula is C18H20FNO. The Hall–Kier alpha value is -1.90. The van der Waals surface area contributed by atoms with E-state index in [1.54, 1.807) is 12.1 Å². The summed E-state index contributed by atoms with van der Waals surface area (Å²) < 4.78 is 15.2. The molecular weight excluding hydrogens is 265 g/mol. The van der Waals surface area contributed by atoms with Gasteiger partial charge in [-0.3, -0.25) is 4.79 Å². The molecule has 0 spiro atoms. The highest BCUT2D eigenvalue weighted by Gasteiger charge is 2.35. The summed E-state index contributed by atoms with van der Waals surface area (Å²) in [6.07, 6.45) is 4.34. The van der Waals surface area contributed by atoms with Gasteiger partial charge in [-0.2, -0.15) is 0 Å². The number of nitrogens with zero attached hydrogens (tertiary/aromatic N) is 1. The summed E-state index contributed by atoms with van der Waals surface area (Å²) in [5.74, 6) is -0.00847. The SMILES string of the molecule is CCc1cn(-c2ccc(F)cc2)c2c1C(=O)CC(C)(C)C2. The van der Waals surface area contributed by atoms with Crippen molar-refractivity contribution in [3.63, 3.8) is 0 Å². The molecule has 0 aliphatic heterocycles. The number of carbonyl (C=O) groups is 1. The highest BCUT2D eigenvalue weighted by Crippen LogP contribution is 2.38. The van der Waals surface area contributed by atoms with Crippen LogP contribution in [0.15, 0.2) is 30.5 Å². The third kappa shape index (κ3) is 2.41. The smallest absolute Gasteiger partial charge is 0.165 e. The second-order valence-corrected chi connectivity index (χ2v) is 6.62. The van der Waals surface area contributed by atoms with E-state index in [1.165, 1.54) is 12.1 Å². The van der Waals surface area contributed by atoms with Crippen molar-refractivity contribution in [3.05, 3.63) is 53.1 Å². The zero-order valence-corrected chi connectivity index (χ0v) is 12.7. The van der Waals surface area contributed by atoms with Gasteiger partial charge in [0.2, 0.25) is 0 Å². The third-order valence-corrected chi connectivity index (χ3v) is 4.24. The molecule has 0 saturated carbocycles. The molecule has 0 amide bonds. The fourth-order valence-electron chi connectivity index (χ4n) is 3.26. The van der Waals surface area contributed by atoms with E-state index >= 15 is 0 Å². The minimum atomic E-state index is -0.244. The van der Waals surface area contributed by atoms with Crippen molar-refractivity contribution in [3.8, 4) is 5.69 Å².